The first-order valence-electron chi connectivity index (χ1n) is 8.52. The molecule has 1 aliphatic heterocycles. The molecule has 25 heavy (non-hydrogen) atoms. The topological polar surface area (TPSA) is 66.5 Å². The van der Waals surface area contributed by atoms with Crippen LogP contribution in [0.2, 0.25) is 0 Å². The third-order valence-electron chi connectivity index (χ3n) is 4.69. The molecule has 0 radical (unpaired) electrons. The van der Waals surface area contributed by atoms with Gasteiger partial charge in [-0.2, -0.15) is 4.31 Å². The van der Waals surface area contributed by atoms with Crippen LogP contribution >= 0.6 is 11.8 Å². The number of hydrogen-bond donors (Lipinski definition) is 1. The number of carbonyl (C=O) groups is 1. The molecule has 1 unspecified atom stereocenters. The van der Waals surface area contributed by atoms with Gasteiger partial charge in [-0.05, 0) is 55.9 Å². The van der Waals surface area contributed by atoms with Crippen LogP contribution in [0.1, 0.15) is 36.1 Å². The molecular formula is C18H28N2O3S2. The average molecular weight is 385 g/mol. The predicted molar refractivity (Wildman–Crippen MR) is 103 cm³/mol. The lowest BCUT2D eigenvalue weighted by atomic mass is 10.0. The van der Waals surface area contributed by atoms with E-state index in [0.29, 0.717) is 29.0 Å². The Morgan fingerprint density at radius 3 is 2.32 bits per heavy atom. The number of hydrogen-bond acceptors (Lipinski definition) is 4. The van der Waals surface area contributed by atoms with Crippen molar-refractivity contribution in [3.63, 3.8) is 0 Å². The second-order valence-corrected chi connectivity index (χ2v) is 9.96. The SMILES string of the molecule is Cc1cc(C)c(C)c(S(=O)(=O)N2CSCC2C(=O)NCC(C)C)c1C. The van der Waals surface area contributed by atoms with Crippen LogP contribution in [0.3, 0.4) is 0 Å². The maximum Gasteiger partial charge on any atom is 0.245 e. The number of thioether (sulfide) groups is 1. The quantitative estimate of drug-likeness (QED) is 0.848. The Morgan fingerprint density at radius 1 is 1.24 bits per heavy atom. The number of carbonyl (C=O) groups excluding carboxylic acids is 1. The number of aryl methyl sites for hydroxylation is 2. The molecule has 7 heteroatoms. The summed E-state index contributed by atoms with van der Waals surface area (Å²) < 4.78 is 28.1. The highest BCUT2D eigenvalue weighted by atomic mass is 32.2. The smallest absolute Gasteiger partial charge is 0.245 e. The summed E-state index contributed by atoms with van der Waals surface area (Å²) in [6, 6.07) is 1.36. The molecule has 1 N–H and O–H groups in total. The fourth-order valence-electron chi connectivity index (χ4n) is 2.98. The van der Waals surface area contributed by atoms with Crippen LogP contribution in [0.15, 0.2) is 11.0 Å². The van der Waals surface area contributed by atoms with E-state index >= 15 is 0 Å². The normalized spacial score (nSPS) is 18.8. The van der Waals surface area contributed by atoms with E-state index in [1.807, 2.05) is 47.6 Å². The van der Waals surface area contributed by atoms with Gasteiger partial charge in [0, 0.05) is 12.3 Å². The summed E-state index contributed by atoms with van der Waals surface area (Å²) in [5.74, 6) is 0.925. The minimum absolute atomic E-state index is 0.207. The maximum atomic E-state index is 13.4. The summed E-state index contributed by atoms with van der Waals surface area (Å²) in [7, 11) is -3.73. The summed E-state index contributed by atoms with van der Waals surface area (Å²) in [5, 5.41) is 2.87. The molecule has 1 atom stereocenters. The lowest BCUT2D eigenvalue weighted by molar-refractivity contribution is -0.123. The lowest BCUT2D eigenvalue weighted by Crippen LogP contribution is -2.48. The highest BCUT2D eigenvalue weighted by Crippen LogP contribution is 2.33. The zero-order chi connectivity index (χ0) is 18.9. The number of rotatable bonds is 5. The van der Waals surface area contributed by atoms with E-state index < -0.39 is 16.1 Å². The minimum Gasteiger partial charge on any atom is -0.354 e. The van der Waals surface area contributed by atoms with E-state index in [1.54, 1.807) is 0 Å². The number of nitrogens with zero attached hydrogens (tertiary/aromatic N) is 1. The summed E-state index contributed by atoms with van der Waals surface area (Å²) in [5.41, 5.74) is 3.44. The molecule has 1 aromatic rings. The Labute approximate surface area is 155 Å². The molecule has 140 valence electrons. The van der Waals surface area contributed by atoms with Gasteiger partial charge < -0.3 is 5.32 Å². The van der Waals surface area contributed by atoms with Gasteiger partial charge in [0.05, 0.1) is 10.8 Å². The minimum atomic E-state index is -3.73. The molecule has 0 spiro atoms. The molecule has 0 aliphatic carbocycles. The van der Waals surface area contributed by atoms with Gasteiger partial charge in [0.2, 0.25) is 15.9 Å². The van der Waals surface area contributed by atoms with Gasteiger partial charge >= 0.3 is 0 Å². The van der Waals surface area contributed by atoms with Crippen molar-refractivity contribution >= 4 is 27.7 Å². The Kier molecular flexibility index (Phi) is 6.22. The second-order valence-electron chi connectivity index (χ2n) is 7.14. The Morgan fingerprint density at radius 2 is 1.80 bits per heavy atom. The van der Waals surface area contributed by atoms with Crippen LogP contribution in [-0.4, -0.2) is 42.8 Å². The largest absolute Gasteiger partial charge is 0.354 e. The molecule has 0 bridgehead atoms. The first kappa shape index (κ1) is 20.3. The van der Waals surface area contributed by atoms with Gasteiger partial charge in [-0.15, -0.1) is 11.8 Å². The van der Waals surface area contributed by atoms with Crippen LogP contribution in [0, 0.1) is 33.6 Å². The van der Waals surface area contributed by atoms with Gasteiger partial charge in [0.1, 0.15) is 6.04 Å². The maximum absolute atomic E-state index is 13.4. The van der Waals surface area contributed by atoms with Crippen molar-refractivity contribution in [2.24, 2.45) is 5.92 Å². The average Bonchev–Trinajstić information content (AvgIpc) is 3.01. The van der Waals surface area contributed by atoms with Crippen LogP contribution in [-0.2, 0) is 14.8 Å². The molecule has 2 rings (SSSR count). The van der Waals surface area contributed by atoms with E-state index in [0.717, 1.165) is 22.3 Å². The van der Waals surface area contributed by atoms with Gasteiger partial charge in [-0.1, -0.05) is 19.9 Å². The van der Waals surface area contributed by atoms with Gasteiger partial charge in [0.15, 0.2) is 0 Å². The summed E-state index contributed by atoms with van der Waals surface area (Å²) >= 11 is 1.48. The molecule has 5 nitrogen and oxygen atoms in total. The third-order valence-corrected chi connectivity index (χ3v) is 8.00. The predicted octanol–water partition coefficient (Wildman–Crippen LogP) is 2.76. The zero-order valence-corrected chi connectivity index (χ0v) is 17.5. The van der Waals surface area contributed by atoms with Crippen LogP contribution in [0.25, 0.3) is 0 Å². The molecule has 1 fully saturated rings. The fraction of sp³-hybridized carbons (Fsp3) is 0.611. The van der Waals surface area contributed by atoms with Crippen molar-refractivity contribution in [3.8, 4) is 0 Å². The molecular weight excluding hydrogens is 356 g/mol. The highest BCUT2D eigenvalue weighted by molar-refractivity contribution is 8.00. The molecule has 1 heterocycles. The van der Waals surface area contributed by atoms with Crippen LogP contribution < -0.4 is 5.32 Å². The van der Waals surface area contributed by atoms with Crippen molar-refractivity contribution in [1.82, 2.24) is 9.62 Å². The summed E-state index contributed by atoms with van der Waals surface area (Å²) in [6.45, 7) is 12.1. The Hall–Kier alpha value is -1.05. The second kappa shape index (κ2) is 7.68. The first-order chi connectivity index (χ1) is 11.6. The van der Waals surface area contributed by atoms with Crippen molar-refractivity contribution in [1.29, 1.82) is 0 Å². The van der Waals surface area contributed by atoms with E-state index in [1.165, 1.54) is 16.1 Å². The van der Waals surface area contributed by atoms with Gasteiger partial charge in [-0.3, -0.25) is 4.79 Å². The van der Waals surface area contributed by atoms with E-state index in [2.05, 4.69) is 5.32 Å². The Bertz CT molecular complexity index is 747. The standard InChI is InChI=1S/C18H28N2O3S2/c1-11(2)8-19-18(21)16-9-24-10-20(16)25(22,23)17-14(5)12(3)7-13(4)15(17)6/h7,11,16H,8-10H2,1-6H3,(H,19,21). The van der Waals surface area contributed by atoms with Gasteiger partial charge in [0.25, 0.3) is 0 Å². The van der Waals surface area contributed by atoms with Crippen molar-refractivity contribution < 1.29 is 13.2 Å². The molecule has 1 saturated heterocycles. The molecule has 0 saturated carbocycles. The van der Waals surface area contributed by atoms with E-state index in [9.17, 15) is 13.2 Å². The molecule has 1 aliphatic rings. The number of benzene rings is 1. The van der Waals surface area contributed by atoms with Gasteiger partial charge in [-0.25, -0.2) is 8.42 Å². The summed E-state index contributed by atoms with van der Waals surface area (Å²) in [6.07, 6.45) is 0. The van der Waals surface area contributed by atoms with E-state index in [4.69, 9.17) is 0 Å². The molecule has 1 amide bonds. The zero-order valence-electron chi connectivity index (χ0n) is 15.8. The third kappa shape index (κ3) is 4.04. The number of sulfonamides is 1. The van der Waals surface area contributed by atoms with Crippen molar-refractivity contribution in [3.05, 3.63) is 28.3 Å². The van der Waals surface area contributed by atoms with Crippen molar-refractivity contribution in [2.75, 3.05) is 18.2 Å². The van der Waals surface area contributed by atoms with Crippen LogP contribution in [0.4, 0.5) is 0 Å². The molecule has 0 aromatic heterocycles. The Balaban J connectivity index is 2.41. The number of nitrogens with one attached hydrogen (secondary N) is 1. The molecule has 1 aromatic carbocycles. The summed E-state index contributed by atoms with van der Waals surface area (Å²) in [4.78, 5) is 12.9. The van der Waals surface area contributed by atoms with E-state index in [-0.39, 0.29) is 5.91 Å². The first-order valence-corrected chi connectivity index (χ1v) is 11.1. The highest BCUT2D eigenvalue weighted by Gasteiger charge is 2.41. The monoisotopic (exact) mass is 384 g/mol. The van der Waals surface area contributed by atoms with Crippen molar-refractivity contribution in [2.45, 2.75) is 52.5 Å². The number of amides is 1. The fourth-order valence-corrected chi connectivity index (χ4v) is 6.71. The lowest BCUT2D eigenvalue weighted by Gasteiger charge is -2.25. The van der Waals surface area contributed by atoms with Crippen LogP contribution in [0.5, 0.6) is 0 Å².